The number of thioether (sulfide) groups is 1. The highest BCUT2D eigenvalue weighted by Crippen LogP contribution is 2.23. The number of aromatic hydroxyl groups is 1. The lowest BCUT2D eigenvalue weighted by atomic mass is 10.0. The number of rotatable bonds is 11. The molecule has 1 amide bonds. The van der Waals surface area contributed by atoms with Crippen molar-refractivity contribution in [3.05, 3.63) is 94.7 Å². The van der Waals surface area contributed by atoms with Gasteiger partial charge >= 0.3 is 0 Å². The molecule has 4 aromatic rings. The van der Waals surface area contributed by atoms with Gasteiger partial charge in [-0.3, -0.25) is 4.79 Å². The third kappa shape index (κ3) is 6.93. The van der Waals surface area contributed by atoms with Gasteiger partial charge < -0.3 is 30.9 Å². The monoisotopic (exact) mass is 519 g/mol. The summed E-state index contributed by atoms with van der Waals surface area (Å²) in [6, 6.07) is 21.0. The van der Waals surface area contributed by atoms with E-state index in [4.69, 9.17) is 0 Å². The number of nitrogens with one attached hydrogen (secondary N) is 3. The number of phenols is 1. The summed E-state index contributed by atoms with van der Waals surface area (Å²) in [5, 5.41) is 36.8. The van der Waals surface area contributed by atoms with Crippen molar-refractivity contribution in [2.45, 2.75) is 43.5 Å². The molecular formula is C29H33N3O4S. The predicted octanol–water partition coefficient (Wildman–Crippen LogP) is 4.27. The average Bonchev–Trinajstić information content (AvgIpc) is 3.34. The molecule has 2 atom stereocenters. The van der Waals surface area contributed by atoms with Gasteiger partial charge in [-0.05, 0) is 78.8 Å². The van der Waals surface area contributed by atoms with Crippen LogP contribution in [0.3, 0.4) is 0 Å². The highest BCUT2D eigenvalue weighted by Gasteiger charge is 2.14. The minimum Gasteiger partial charge on any atom is -0.508 e. The van der Waals surface area contributed by atoms with E-state index in [1.54, 1.807) is 23.9 Å². The lowest BCUT2D eigenvalue weighted by Crippen LogP contribution is -2.32. The SMILES string of the molecule is CSc1ccc(CNC(=O)c2cc3cc(CC(C)NCC(O)c4ccc(O)c(CO)c4)ccc3[nH]2)cc1. The van der Waals surface area contributed by atoms with E-state index in [1.807, 2.05) is 48.7 Å². The molecule has 0 spiro atoms. The van der Waals surface area contributed by atoms with Gasteiger partial charge in [-0.25, -0.2) is 0 Å². The molecule has 1 aromatic heterocycles. The lowest BCUT2D eigenvalue weighted by Gasteiger charge is -2.18. The Balaban J connectivity index is 1.32. The predicted molar refractivity (Wildman–Crippen MR) is 148 cm³/mol. The number of benzene rings is 3. The van der Waals surface area contributed by atoms with Crippen molar-refractivity contribution in [2.24, 2.45) is 0 Å². The van der Waals surface area contributed by atoms with Crippen LogP contribution in [-0.2, 0) is 19.6 Å². The molecule has 7 nitrogen and oxygen atoms in total. The highest BCUT2D eigenvalue weighted by atomic mass is 32.2. The topological polar surface area (TPSA) is 118 Å². The summed E-state index contributed by atoms with van der Waals surface area (Å²) >= 11 is 1.69. The molecule has 0 bridgehead atoms. The molecule has 37 heavy (non-hydrogen) atoms. The Morgan fingerprint density at radius 3 is 2.51 bits per heavy atom. The molecule has 194 valence electrons. The number of aliphatic hydroxyl groups excluding tert-OH is 2. The number of aliphatic hydroxyl groups is 2. The van der Waals surface area contributed by atoms with E-state index >= 15 is 0 Å². The number of aromatic nitrogens is 1. The zero-order valence-electron chi connectivity index (χ0n) is 21.0. The van der Waals surface area contributed by atoms with Crippen LogP contribution in [-0.4, -0.2) is 45.1 Å². The summed E-state index contributed by atoms with van der Waals surface area (Å²) < 4.78 is 0. The number of carbonyl (C=O) groups excluding carboxylic acids is 1. The number of hydrogen-bond donors (Lipinski definition) is 6. The van der Waals surface area contributed by atoms with Gasteiger partial charge in [0, 0.05) is 40.5 Å². The van der Waals surface area contributed by atoms with Crippen molar-refractivity contribution >= 4 is 28.6 Å². The maximum absolute atomic E-state index is 12.7. The molecule has 0 fully saturated rings. The number of aromatic amines is 1. The Labute approximate surface area is 220 Å². The van der Waals surface area contributed by atoms with E-state index in [0.717, 1.165) is 28.5 Å². The summed E-state index contributed by atoms with van der Waals surface area (Å²) in [5.74, 6) is -0.129. The van der Waals surface area contributed by atoms with Gasteiger partial charge in [-0.1, -0.05) is 24.3 Å². The molecular weight excluding hydrogens is 486 g/mol. The second-order valence-corrected chi connectivity index (χ2v) is 10.1. The van der Waals surface area contributed by atoms with Crippen molar-refractivity contribution in [3.63, 3.8) is 0 Å². The molecule has 0 aliphatic carbocycles. The van der Waals surface area contributed by atoms with Crippen LogP contribution < -0.4 is 10.6 Å². The first-order chi connectivity index (χ1) is 17.9. The summed E-state index contributed by atoms with van der Waals surface area (Å²) in [4.78, 5) is 17.1. The summed E-state index contributed by atoms with van der Waals surface area (Å²) in [6.07, 6.45) is 2.03. The van der Waals surface area contributed by atoms with Crippen LogP contribution in [0.2, 0.25) is 0 Å². The van der Waals surface area contributed by atoms with Crippen molar-refractivity contribution in [2.75, 3.05) is 12.8 Å². The Morgan fingerprint density at radius 2 is 1.78 bits per heavy atom. The van der Waals surface area contributed by atoms with Gasteiger partial charge in [0.05, 0.1) is 12.7 Å². The fraction of sp³-hybridized carbons (Fsp3) is 0.276. The lowest BCUT2D eigenvalue weighted by molar-refractivity contribution is 0.0946. The molecule has 0 aliphatic rings. The van der Waals surface area contributed by atoms with Crippen LogP contribution in [0.4, 0.5) is 0 Å². The van der Waals surface area contributed by atoms with E-state index in [1.165, 1.54) is 11.0 Å². The molecule has 6 N–H and O–H groups in total. The standard InChI is InChI=1S/C29H33N3O4S/c1-18(30-16-28(35)21-6-10-27(34)23(13-21)17-33)11-20-5-9-25-22(12-20)14-26(32-25)29(36)31-15-19-3-7-24(37-2)8-4-19/h3-10,12-14,18,28,30,32-35H,11,15-17H2,1-2H3,(H,31,36). The molecule has 0 aliphatic heterocycles. The smallest absolute Gasteiger partial charge is 0.267 e. The number of H-pyrrole nitrogens is 1. The van der Waals surface area contributed by atoms with Crippen LogP contribution in [0.1, 0.15) is 45.8 Å². The second kappa shape index (κ2) is 12.3. The molecule has 2 unspecified atom stereocenters. The fourth-order valence-corrected chi connectivity index (χ4v) is 4.66. The first-order valence-electron chi connectivity index (χ1n) is 12.2. The molecule has 1 heterocycles. The maximum atomic E-state index is 12.7. The minimum atomic E-state index is -0.759. The second-order valence-electron chi connectivity index (χ2n) is 9.21. The van der Waals surface area contributed by atoms with Crippen molar-refractivity contribution in [3.8, 4) is 5.75 Å². The molecule has 3 aromatic carbocycles. The Kier molecular flexibility index (Phi) is 8.89. The van der Waals surface area contributed by atoms with E-state index in [9.17, 15) is 20.1 Å². The van der Waals surface area contributed by atoms with Crippen LogP contribution >= 0.6 is 11.8 Å². The van der Waals surface area contributed by atoms with Gasteiger partial charge in [0.2, 0.25) is 0 Å². The van der Waals surface area contributed by atoms with Crippen LogP contribution in [0.25, 0.3) is 10.9 Å². The van der Waals surface area contributed by atoms with Gasteiger partial charge in [0.1, 0.15) is 11.4 Å². The van der Waals surface area contributed by atoms with Crippen molar-refractivity contribution < 1.29 is 20.1 Å². The highest BCUT2D eigenvalue weighted by molar-refractivity contribution is 7.98. The molecule has 8 heteroatoms. The van der Waals surface area contributed by atoms with Gasteiger partial charge in [0.15, 0.2) is 0 Å². The third-order valence-corrected chi connectivity index (χ3v) is 7.15. The zero-order valence-corrected chi connectivity index (χ0v) is 21.8. The first-order valence-corrected chi connectivity index (χ1v) is 13.5. The van der Waals surface area contributed by atoms with Crippen molar-refractivity contribution in [1.82, 2.24) is 15.6 Å². The van der Waals surface area contributed by atoms with Gasteiger partial charge in [-0.15, -0.1) is 11.8 Å². The quantitative estimate of drug-likeness (QED) is 0.165. The number of amides is 1. The minimum absolute atomic E-state index is 0.0153. The molecule has 0 saturated carbocycles. The average molecular weight is 520 g/mol. The third-order valence-electron chi connectivity index (χ3n) is 6.40. The van der Waals surface area contributed by atoms with Crippen LogP contribution in [0.15, 0.2) is 71.6 Å². The normalized spacial score (nSPS) is 13.0. The Bertz CT molecular complexity index is 1350. The maximum Gasteiger partial charge on any atom is 0.267 e. The van der Waals surface area contributed by atoms with Crippen LogP contribution in [0.5, 0.6) is 5.75 Å². The number of carbonyl (C=O) groups is 1. The summed E-state index contributed by atoms with van der Waals surface area (Å²) in [7, 11) is 0. The summed E-state index contributed by atoms with van der Waals surface area (Å²) in [6.45, 7) is 2.57. The molecule has 4 rings (SSSR count). The zero-order chi connectivity index (χ0) is 26.4. The molecule has 0 saturated heterocycles. The van der Waals surface area contributed by atoms with E-state index in [0.29, 0.717) is 29.9 Å². The number of fused-ring (bicyclic) bond motifs is 1. The van der Waals surface area contributed by atoms with Crippen molar-refractivity contribution in [1.29, 1.82) is 0 Å². The van der Waals surface area contributed by atoms with Crippen LogP contribution in [0, 0.1) is 0 Å². The van der Waals surface area contributed by atoms with E-state index in [-0.39, 0.29) is 24.3 Å². The summed E-state index contributed by atoms with van der Waals surface area (Å²) in [5.41, 5.74) is 4.63. The van der Waals surface area contributed by atoms with Gasteiger partial charge in [0.25, 0.3) is 5.91 Å². The molecule has 0 radical (unpaired) electrons. The fourth-order valence-electron chi connectivity index (χ4n) is 4.25. The Morgan fingerprint density at radius 1 is 1.03 bits per heavy atom. The van der Waals surface area contributed by atoms with E-state index in [2.05, 4.69) is 28.6 Å². The van der Waals surface area contributed by atoms with Gasteiger partial charge in [-0.2, -0.15) is 0 Å². The first kappa shape index (κ1) is 26.8. The number of hydrogen-bond acceptors (Lipinski definition) is 6. The Hall–Kier alpha value is -3.30. The largest absolute Gasteiger partial charge is 0.508 e. The van der Waals surface area contributed by atoms with E-state index < -0.39 is 6.10 Å².